The number of rotatable bonds is 4. The standard InChI is InChI=1S/C20H12Cl2N4OS/c21-13-4-2-5-14(22)16(13)20(27)26-15-6-1-3-11-9-12(10-25-17(11)15)18(28)19-23-7-8-24-19/h1-10H,(H,23,24)(H,26,27). The first-order valence-corrected chi connectivity index (χ1v) is 9.39. The summed E-state index contributed by atoms with van der Waals surface area (Å²) in [5.41, 5.74) is 2.16. The minimum Gasteiger partial charge on any atom is -0.344 e. The van der Waals surface area contributed by atoms with E-state index in [2.05, 4.69) is 20.3 Å². The molecular weight excluding hydrogens is 415 g/mol. The van der Waals surface area contributed by atoms with Gasteiger partial charge in [-0.1, -0.05) is 53.6 Å². The van der Waals surface area contributed by atoms with E-state index < -0.39 is 5.91 Å². The zero-order valence-electron chi connectivity index (χ0n) is 14.2. The highest BCUT2D eigenvalue weighted by atomic mass is 35.5. The van der Waals surface area contributed by atoms with E-state index in [1.54, 1.807) is 42.9 Å². The lowest BCUT2D eigenvalue weighted by atomic mass is 10.1. The first-order valence-electron chi connectivity index (χ1n) is 8.23. The molecule has 138 valence electrons. The molecule has 0 radical (unpaired) electrons. The van der Waals surface area contributed by atoms with E-state index in [9.17, 15) is 4.79 Å². The third kappa shape index (κ3) is 3.49. The molecule has 2 heterocycles. The number of aromatic nitrogens is 3. The maximum Gasteiger partial charge on any atom is 0.258 e. The SMILES string of the molecule is O=C(Nc1cccc2cc(C(=S)c3ncc[nH]3)cnc12)c1c(Cl)cccc1Cl. The highest BCUT2D eigenvalue weighted by Crippen LogP contribution is 2.27. The van der Waals surface area contributed by atoms with Crippen LogP contribution >= 0.6 is 35.4 Å². The van der Waals surface area contributed by atoms with E-state index >= 15 is 0 Å². The van der Waals surface area contributed by atoms with Crippen LogP contribution < -0.4 is 5.32 Å². The Kier molecular flexibility index (Phi) is 5.09. The molecule has 0 aliphatic carbocycles. The predicted molar refractivity (Wildman–Crippen MR) is 116 cm³/mol. The molecule has 0 saturated heterocycles. The number of nitrogens with zero attached hydrogens (tertiary/aromatic N) is 2. The summed E-state index contributed by atoms with van der Waals surface area (Å²) >= 11 is 17.7. The van der Waals surface area contributed by atoms with Crippen LogP contribution in [0.3, 0.4) is 0 Å². The number of H-pyrrole nitrogens is 1. The lowest BCUT2D eigenvalue weighted by Gasteiger charge is -2.11. The van der Waals surface area contributed by atoms with Crippen molar-refractivity contribution in [3.8, 4) is 0 Å². The Hall–Kier alpha value is -2.80. The van der Waals surface area contributed by atoms with Gasteiger partial charge in [0.25, 0.3) is 5.91 Å². The number of anilines is 1. The number of carbonyl (C=O) groups is 1. The number of halogens is 2. The van der Waals surface area contributed by atoms with E-state index in [-0.39, 0.29) is 15.6 Å². The van der Waals surface area contributed by atoms with E-state index in [1.165, 1.54) is 0 Å². The molecule has 8 heteroatoms. The summed E-state index contributed by atoms with van der Waals surface area (Å²) in [4.78, 5) is 24.9. The Morgan fingerprint density at radius 3 is 2.54 bits per heavy atom. The van der Waals surface area contributed by atoms with Crippen LogP contribution in [0.5, 0.6) is 0 Å². The van der Waals surface area contributed by atoms with Crippen LogP contribution in [0.1, 0.15) is 21.7 Å². The van der Waals surface area contributed by atoms with Crippen LogP contribution in [-0.2, 0) is 0 Å². The molecule has 0 atom stereocenters. The Morgan fingerprint density at radius 1 is 1.07 bits per heavy atom. The quantitative estimate of drug-likeness (QED) is 0.343. The normalized spacial score (nSPS) is 10.8. The summed E-state index contributed by atoms with van der Waals surface area (Å²) in [6, 6.07) is 12.3. The molecule has 2 aromatic carbocycles. The molecule has 0 unspecified atom stereocenters. The molecule has 4 rings (SSSR count). The number of imidazole rings is 1. The van der Waals surface area contributed by atoms with E-state index in [1.807, 2.05) is 18.2 Å². The number of nitrogens with one attached hydrogen (secondary N) is 2. The lowest BCUT2D eigenvalue weighted by molar-refractivity contribution is 0.102. The van der Waals surface area contributed by atoms with Crippen molar-refractivity contribution in [1.82, 2.24) is 15.0 Å². The molecule has 0 bridgehead atoms. The summed E-state index contributed by atoms with van der Waals surface area (Å²) in [5.74, 6) is 0.203. The molecule has 0 aliphatic heterocycles. The van der Waals surface area contributed by atoms with Gasteiger partial charge in [0, 0.05) is 29.5 Å². The van der Waals surface area contributed by atoms with E-state index in [4.69, 9.17) is 35.4 Å². The fraction of sp³-hybridized carbons (Fsp3) is 0. The van der Waals surface area contributed by atoms with Crippen LogP contribution in [0.2, 0.25) is 10.0 Å². The Bertz CT molecular complexity index is 1190. The second-order valence-corrected chi connectivity index (χ2v) is 7.14. The summed E-state index contributed by atoms with van der Waals surface area (Å²) < 4.78 is 0. The van der Waals surface area contributed by atoms with Crippen molar-refractivity contribution in [2.75, 3.05) is 5.32 Å². The molecule has 0 aliphatic rings. The number of aromatic amines is 1. The molecular formula is C20H12Cl2N4OS. The summed E-state index contributed by atoms with van der Waals surface area (Å²) in [6.45, 7) is 0. The molecule has 28 heavy (non-hydrogen) atoms. The molecule has 2 aromatic heterocycles. The van der Waals surface area contributed by atoms with Crippen LogP contribution in [-0.4, -0.2) is 25.7 Å². The van der Waals surface area contributed by atoms with Gasteiger partial charge in [-0.05, 0) is 24.3 Å². The number of amides is 1. The molecule has 2 N–H and O–H groups in total. The molecule has 5 nitrogen and oxygen atoms in total. The zero-order valence-corrected chi connectivity index (χ0v) is 16.6. The topological polar surface area (TPSA) is 70.7 Å². The van der Waals surface area contributed by atoms with Crippen LogP contribution in [0, 0.1) is 0 Å². The average molecular weight is 427 g/mol. The predicted octanol–water partition coefficient (Wildman–Crippen LogP) is 5.28. The first kappa shape index (κ1) is 18.6. The van der Waals surface area contributed by atoms with Crippen LogP contribution in [0.25, 0.3) is 10.9 Å². The molecule has 0 spiro atoms. The molecule has 0 fully saturated rings. The van der Waals surface area contributed by atoms with Crippen LogP contribution in [0.4, 0.5) is 5.69 Å². The van der Waals surface area contributed by atoms with Gasteiger partial charge in [0.05, 0.1) is 31.7 Å². The first-order chi connectivity index (χ1) is 13.5. The van der Waals surface area contributed by atoms with Gasteiger partial charge in [-0.15, -0.1) is 0 Å². The molecule has 0 saturated carbocycles. The van der Waals surface area contributed by atoms with Gasteiger partial charge in [0.2, 0.25) is 0 Å². The fourth-order valence-corrected chi connectivity index (χ4v) is 3.60. The minimum atomic E-state index is -0.403. The van der Waals surface area contributed by atoms with E-state index in [0.717, 1.165) is 10.9 Å². The number of para-hydroxylation sites is 1. The van der Waals surface area contributed by atoms with Crippen LogP contribution in [0.15, 0.2) is 61.1 Å². The largest absolute Gasteiger partial charge is 0.344 e. The third-order valence-corrected chi connectivity index (χ3v) is 5.18. The fourth-order valence-electron chi connectivity index (χ4n) is 2.81. The van der Waals surface area contributed by atoms with Crippen molar-refractivity contribution < 1.29 is 4.79 Å². The third-order valence-electron chi connectivity index (χ3n) is 4.12. The number of hydrogen-bond acceptors (Lipinski definition) is 4. The zero-order chi connectivity index (χ0) is 19.7. The van der Waals surface area contributed by atoms with Crippen molar-refractivity contribution in [3.63, 3.8) is 0 Å². The highest BCUT2D eigenvalue weighted by molar-refractivity contribution is 7.81. The second kappa shape index (κ2) is 7.67. The maximum atomic E-state index is 12.7. The van der Waals surface area contributed by atoms with Gasteiger partial charge in [0.1, 0.15) is 5.82 Å². The van der Waals surface area contributed by atoms with Crippen molar-refractivity contribution in [1.29, 1.82) is 0 Å². The number of fused-ring (bicyclic) bond motifs is 1. The monoisotopic (exact) mass is 426 g/mol. The highest BCUT2D eigenvalue weighted by Gasteiger charge is 2.16. The van der Waals surface area contributed by atoms with Gasteiger partial charge in [0.15, 0.2) is 0 Å². The van der Waals surface area contributed by atoms with Crippen molar-refractivity contribution in [2.45, 2.75) is 0 Å². The van der Waals surface area contributed by atoms with Gasteiger partial charge in [-0.3, -0.25) is 9.78 Å². The number of benzene rings is 2. The van der Waals surface area contributed by atoms with Crippen molar-refractivity contribution in [2.24, 2.45) is 0 Å². The Morgan fingerprint density at radius 2 is 1.82 bits per heavy atom. The molecule has 1 amide bonds. The Labute approximate surface area is 175 Å². The molecule has 4 aromatic rings. The number of thiocarbonyl (C=S) groups is 1. The van der Waals surface area contributed by atoms with Crippen molar-refractivity contribution in [3.05, 3.63) is 88.1 Å². The summed E-state index contributed by atoms with van der Waals surface area (Å²) in [6.07, 6.45) is 5.01. The lowest BCUT2D eigenvalue weighted by Crippen LogP contribution is -2.13. The van der Waals surface area contributed by atoms with Gasteiger partial charge < -0.3 is 10.3 Å². The smallest absolute Gasteiger partial charge is 0.258 e. The summed E-state index contributed by atoms with van der Waals surface area (Å²) in [5, 5.41) is 4.23. The summed E-state index contributed by atoms with van der Waals surface area (Å²) in [7, 11) is 0. The van der Waals surface area contributed by atoms with E-state index in [0.29, 0.717) is 21.9 Å². The minimum absolute atomic E-state index is 0.221. The number of carbonyl (C=O) groups excluding carboxylic acids is 1. The number of pyridine rings is 1. The Balaban J connectivity index is 1.69. The average Bonchev–Trinajstić information content (AvgIpc) is 3.22. The van der Waals surface area contributed by atoms with Crippen molar-refractivity contribution >= 4 is 62.8 Å². The van der Waals surface area contributed by atoms with Gasteiger partial charge in [-0.2, -0.15) is 0 Å². The van der Waals surface area contributed by atoms with Gasteiger partial charge >= 0.3 is 0 Å². The second-order valence-electron chi connectivity index (χ2n) is 5.92. The maximum absolute atomic E-state index is 12.7. The number of hydrogen-bond donors (Lipinski definition) is 2. The van der Waals surface area contributed by atoms with Gasteiger partial charge in [-0.25, -0.2) is 4.98 Å².